The maximum absolute atomic E-state index is 14.3. The van der Waals surface area contributed by atoms with Gasteiger partial charge in [-0.05, 0) is 18.2 Å². The van der Waals surface area contributed by atoms with Crippen molar-refractivity contribution in [2.75, 3.05) is 25.2 Å². The summed E-state index contributed by atoms with van der Waals surface area (Å²) in [6.07, 6.45) is -3.45. The summed E-state index contributed by atoms with van der Waals surface area (Å²) in [7, 11) is 0. The lowest BCUT2D eigenvalue weighted by Crippen LogP contribution is -2.20. The predicted octanol–water partition coefficient (Wildman–Crippen LogP) is 3.12. The second kappa shape index (κ2) is 10.4. The van der Waals surface area contributed by atoms with Crippen molar-refractivity contribution in [3.05, 3.63) is 53.4 Å². The molecule has 0 saturated heterocycles. The van der Waals surface area contributed by atoms with E-state index in [4.69, 9.17) is 10.5 Å². The third kappa shape index (κ3) is 6.45. The summed E-state index contributed by atoms with van der Waals surface area (Å²) in [5.74, 6) is -2.08. The number of aliphatic imine (C=N–C) groups is 1. The number of amidine groups is 1. The van der Waals surface area contributed by atoms with Crippen molar-refractivity contribution in [1.29, 1.82) is 0 Å². The first-order chi connectivity index (χ1) is 13.8. The minimum atomic E-state index is -2.84. The zero-order chi connectivity index (χ0) is 21.4. The van der Waals surface area contributed by atoms with E-state index in [0.29, 0.717) is 0 Å². The van der Waals surface area contributed by atoms with Crippen molar-refractivity contribution in [2.24, 2.45) is 10.7 Å². The first-order valence-electron chi connectivity index (χ1n) is 8.12. The Morgan fingerprint density at radius 2 is 2.00 bits per heavy atom. The predicted molar refractivity (Wildman–Crippen MR) is 93.6 cm³/mol. The Morgan fingerprint density at radius 1 is 1.24 bits per heavy atom. The molecule has 29 heavy (non-hydrogen) atoms. The molecule has 0 radical (unpaired) electrons. The molecule has 0 saturated carbocycles. The van der Waals surface area contributed by atoms with E-state index in [0.717, 1.165) is 30.6 Å². The molecule has 1 aromatic carbocycles. The Bertz CT molecular complexity index is 864. The van der Waals surface area contributed by atoms with Crippen LogP contribution >= 0.6 is 0 Å². The van der Waals surface area contributed by atoms with E-state index in [9.17, 15) is 26.7 Å². The number of alkyl halides is 4. The Labute approximate surface area is 161 Å². The van der Waals surface area contributed by atoms with Crippen molar-refractivity contribution < 1.29 is 31.5 Å². The zero-order valence-electron chi connectivity index (χ0n) is 14.8. The number of nitrogens with zero attached hydrogens (tertiary/aromatic N) is 3. The average molecular weight is 417 g/mol. The average Bonchev–Trinajstić information content (AvgIpc) is 2.69. The highest BCUT2D eigenvalue weighted by molar-refractivity contribution is 6.02. The fourth-order valence-electron chi connectivity index (χ4n) is 2.05. The molecule has 12 heteroatoms. The van der Waals surface area contributed by atoms with Gasteiger partial charge in [0.05, 0.1) is 19.0 Å². The van der Waals surface area contributed by atoms with Crippen LogP contribution in [0.4, 0.5) is 27.6 Å². The van der Waals surface area contributed by atoms with Crippen LogP contribution in [0.5, 0.6) is 0 Å². The Balaban J connectivity index is 2.11. The number of benzene rings is 1. The quantitative estimate of drug-likeness (QED) is 0.215. The number of carbonyl (C=O) groups is 1. The van der Waals surface area contributed by atoms with Crippen molar-refractivity contribution in [3.63, 3.8) is 0 Å². The van der Waals surface area contributed by atoms with E-state index in [1.807, 2.05) is 0 Å². The highest BCUT2D eigenvalue weighted by Gasteiger charge is 2.17. The summed E-state index contributed by atoms with van der Waals surface area (Å²) in [4.78, 5) is 22.5. The van der Waals surface area contributed by atoms with E-state index >= 15 is 0 Å². The summed E-state index contributed by atoms with van der Waals surface area (Å²) in [6, 6.07) is 3.04. The van der Waals surface area contributed by atoms with Crippen LogP contribution in [0.3, 0.4) is 0 Å². The van der Waals surface area contributed by atoms with E-state index in [2.05, 4.69) is 20.3 Å². The second-order valence-corrected chi connectivity index (χ2v) is 5.52. The largest absolute Gasteiger partial charge is 0.385 e. The molecule has 1 aromatic heterocycles. The number of hydrogen-bond acceptors (Lipinski definition) is 5. The SMILES string of the molecule is N/C(COCCF)=N/[C@H](F)c1cc(NC(=O)c2cnc(C(F)F)cn2)ccc1F. The minimum Gasteiger partial charge on any atom is -0.385 e. The number of carbonyl (C=O) groups excluding carboxylic acids is 1. The van der Waals surface area contributed by atoms with Gasteiger partial charge in [-0.25, -0.2) is 31.9 Å². The van der Waals surface area contributed by atoms with Gasteiger partial charge in [0.15, 0.2) is 0 Å². The van der Waals surface area contributed by atoms with E-state index in [-0.39, 0.29) is 30.4 Å². The number of aromatic nitrogens is 2. The zero-order valence-corrected chi connectivity index (χ0v) is 14.8. The topological polar surface area (TPSA) is 102 Å². The third-order valence-electron chi connectivity index (χ3n) is 3.39. The van der Waals surface area contributed by atoms with Gasteiger partial charge in [0, 0.05) is 11.3 Å². The number of rotatable bonds is 9. The van der Waals surface area contributed by atoms with Crippen LogP contribution in [0.25, 0.3) is 0 Å². The third-order valence-corrected chi connectivity index (χ3v) is 3.39. The molecule has 0 unspecified atom stereocenters. The molecule has 1 heterocycles. The Morgan fingerprint density at radius 3 is 2.62 bits per heavy atom. The summed E-state index contributed by atoms with van der Waals surface area (Å²) in [6.45, 7) is -1.34. The van der Waals surface area contributed by atoms with Gasteiger partial charge in [0.2, 0.25) is 6.30 Å². The number of ether oxygens (including phenoxy) is 1. The van der Waals surface area contributed by atoms with Gasteiger partial charge in [-0.3, -0.25) is 9.78 Å². The summed E-state index contributed by atoms with van der Waals surface area (Å²) < 4.78 is 69.8. The number of nitrogens with two attached hydrogens (primary N) is 1. The van der Waals surface area contributed by atoms with Gasteiger partial charge in [-0.15, -0.1) is 0 Å². The maximum atomic E-state index is 14.3. The number of amides is 1. The number of nitrogens with one attached hydrogen (secondary N) is 1. The van der Waals surface area contributed by atoms with Crippen LogP contribution in [0.15, 0.2) is 35.6 Å². The van der Waals surface area contributed by atoms with Crippen molar-refractivity contribution in [3.8, 4) is 0 Å². The fourth-order valence-corrected chi connectivity index (χ4v) is 2.05. The monoisotopic (exact) mass is 417 g/mol. The Hall–Kier alpha value is -3.15. The number of hydrogen-bond donors (Lipinski definition) is 2. The summed E-state index contributed by atoms with van der Waals surface area (Å²) in [5.41, 5.74) is 4.04. The van der Waals surface area contributed by atoms with E-state index < -0.39 is 42.4 Å². The molecule has 7 nitrogen and oxygen atoms in total. The molecule has 1 atom stereocenters. The lowest BCUT2D eigenvalue weighted by molar-refractivity contribution is 0.102. The molecule has 0 fully saturated rings. The standard InChI is InChI=1S/C17H16F5N5O2/c18-3-4-29-8-14(23)27-16(22)10-5-9(1-2-11(10)19)26-17(28)13-7-24-12(6-25-13)15(20)21/h1-2,5-7,15-16H,3-4,8H2,(H2,23,27)(H,26,28)/t16-/m0/s1. The van der Waals surface area contributed by atoms with Crippen LogP contribution < -0.4 is 11.1 Å². The molecule has 0 bridgehead atoms. The molecule has 156 valence electrons. The summed E-state index contributed by atoms with van der Waals surface area (Å²) in [5, 5.41) is 2.32. The van der Waals surface area contributed by atoms with Crippen LogP contribution in [-0.2, 0) is 4.74 Å². The fraction of sp³-hybridized carbons (Fsp3) is 0.294. The lowest BCUT2D eigenvalue weighted by Gasteiger charge is -2.10. The molecular formula is C17H16F5N5O2. The van der Waals surface area contributed by atoms with Crippen molar-refractivity contribution >= 4 is 17.4 Å². The van der Waals surface area contributed by atoms with Gasteiger partial charge in [-0.1, -0.05) is 0 Å². The molecule has 2 aromatic rings. The second-order valence-electron chi connectivity index (χ2n) is 5.52. The van der Waals surface area contributed by atoms with Gasteiger partial charge in [0.1, 0.15) is 36.3 Å². The van der Waals surface area contributed by atoms with Crippen LogP contribution in [0.2, 0.25) is 0 Å². The summed E-state index contributed by atoms with van der Waals surface area (Å²) >= 11 is 0. The molecule has 0 aliphatic rings. The molecular weight excluding hydrogens is 401 g/mol. The molecule has 0 spiro atoms. The van der Waals surface area contributed by atoms with E-state index in [1.54, 1.807) is 0 Å². The van der Waals surface area contributed by atoms with Gasteiger partial charge in [0.25, 0.3) is 12.3 Å². The van der Waals surface area contributed by atoms with Gasteiger partial charge in [-0.2, -0.15) is 0 Å². The van der Waals surface area contributed by atoms with Crippen LogP contribution in [0.1, 0.15) is 34.5 Å². The lowest BCUT2D eigenvalue weighted by atomic mass is 10.1. The smallest absolute Gasteiger partial charge is 0.281 e. The van der Waals surface area contributed by atoms with Gasteiger partial charge < -0.3 is 15.8 Å². The molecule has 2 rings (SSSR count). The Kier molecular flexibility index (Phi) is 7.95. The van der Waals surface area contributed by atoms with E-state index in [1.165, 1.54) is 0 Å². The van der Waals surface area contributed by atoms with Crippen molar-refractivity contribution in [1.82, 2.24) is 9.97 Å². The number of anilines is 1. The molecule has 1 amide bonds. The first-order valence-corrected chi connectivity index (χ1v) is 8.12. The normalized spacial score (nSPS) is 12.8. The molecule has 0 aliphatic heterocycles. The highest BCUT2D eigenvalue weighted by atomic mass is 19.3. The molecule has 3 N–H and O–H groups in total. The van der Waals surface area contributed by atoms with Crippen LogP contribution in [-0.4, -0.2) is 41.6 Å². The highest BCUT2D eigenvalue weighted by Crippen LogP contribution is 2.25. The van der Waals surface area contributed by atoms with Gasteiger partial charge >= 0.3 is 0 Å². The van der Waals surface area contributed by atoms with Crippen LogP contribution in [0, 0.1) is 5.82 Å². The maximum Gasteiger partial charge on any atom is 0.281 e. The molecule has 0 aliphatic carbocycles. The minimum absolute atomic E-state index is 0.00348. The van der Waals surface area contributed by atoms with Crippen molar-refractivity contribution in [2.45, 2.75) is 12.7 Å². The number of halogens is 5. The first kappa shape index (κ1) is 22.1.